The van der Waals surface area contributed by atoms with Crippen molar-refractivity contribution >= 4 is 23.9 Å². The lowest BCUT2D eigenvalue weighted by molar-refractivity contribution is -0.226. The highest BCUT2D eigenvalue weighted by Gasteiger charge is 2.78. The second kappa shape index (κ2) is 11.7. The Labute approximate surface area is 245 Å². The first-order valence-corrected chi connectivity index (χ1v) is 14.9. The lowest BCUT2D eigenvalue weighted by Gasteiger charge is -2.63. The summed E-state index contributed by atoms with van der Waals surface area (Å²) < 4.78 is 54.4. The van der Waals surface area contributed by atoms with E-state index in [9.17, 15) is 24.3 Å². The fourth-order valence-corrected chi connectivity index (χ4v) is 8.31. The molecule has 1 N–H and O–H groups in total. The summed E-state index contributed by atoms with van der Waals surface area (Å²) in [5, 5.41) is 11.6. The van der Waals surface area contributed by atoms with E-state index < -0.39 is 82.6 Å². The summed E-state index contributed by atoms with van der Waals surface area (Å²) >= 11 is 0. The Morgan fingerprint density at radius 2 is 1.71 bits per heavy atom. The van der Waals surface area contributed by atoms with Crippen LogP contribution in [-0.2, 0) is 28.5 Å². The predicted molar refractivity (Wildman–Crippen MR) is 146 cm³/mol. The predicted octanol–water partition coefficient (Wildman–Crippen LogP) is 5.38. The SMILES string of the molecule is CCCCOC(=O)OCC(=O)[C@@]1(OC(=O)OCCC)[C@H](C)C[C@H]2[C@@H]3C[C@H](F)C4=CC(=O)C=C[C@]4(C)[C@@]3(F)[C@@H](O)C[C@@]21C. The monoisotopic (exact) mass is 596 g/mol. The summed E-state index contributed by atoms with van der Waals surface area (Å²) in [6, 6.07) is 0. The van der Waals surface area contributed by atoms with Crippen LogP contribution < -0.4 is 0 Å². The zero-order chi connectivity index (χ0) is 31.1. The van der Waals surface area contributed by atoms with Crippen molar-refractivity contribution in [2.75, 3.05) is 19.8 Å². The summed E-state index contributed by atoms with van der Waals surface area (Å²) in [6.07, 6.45) is -0.513. The van der Waals surface area contributed by atoms with Gasteiger partial charge in [0.1, 0.15) is 6.17 Å². The zero-order valence-electron chi connectivity index (χ0n) is 25.0. The molecule has 3 fully saturated rings. The molecule has 234 valence electrons. The third kappa shape index (κ3) is 4.75. The van der Waals surface area contributed by atoms with Crippen molar-refractivity contribution < 1.29 is 52.0 Å². The average Bonchev–Trinajstić information content (AvgIpc) is 3.15. The van der Waals surface area contributed by atoms with Crippen molar-refractivity contribution in [2.45, 2.75) is 96.7 Å². The van der Waals surface area contributed by atoms with Crippen LogP contribution in [0.25, 0.3) is 0 Å². The van der Waals surface area contributed by atoms with Crippen molar-refractivity contribution in [1.82, 2.24) is 0 Å². The first-order valence-electron chi connectivity index (χ1n) is 14.9. The molecule has 9 atom stereocenters. The minimum absolute atomic E-state index is 0.0147. The molecular formula is C31H42F2O9. The number of alkyl halides is 2. The van der Waals surface area contributed by atoms with E-state index in [1.807, 2.05) is 6.92 Å². The molecular weight excluding hydrogens is 554 g/mol. The topological polar surface area (TPSA) is 125 Å². The van der Waals surface area contributed by atoms with Crippen LogP contribution in [0.1, 0.15) is 73.1 Å². The van der Waals surface area contributed by atoms with E-state index in [4.69, 9.17) is 18.9 Å². The number of aliphatic hydroxyl groups excluding tert-OH is 1. The number of carbonyl (C=O) groups excluding carboxylic acids is 4. The molecule has 4 aliphatic carbocycles. The number of allylic oxidation sites excluding steroid dienone is 4. The van der Waals surface area contributed by atoms with Gasteiger partial charge in [0.05, 0.1) is 19.3 Å². The third-order valence-corrected chi connectivity index (χ3v) is 10.3. The van der Waals surface area contributed by atoms with E-state index in [0.29, 0.717) is 12.8 Å². The van der Waals surface area contributed by atoms with Crippen LogP contribution >= 0.6 is 0 Å². The molecule has 0 aliphatic heterocycles. The van der Waals surface area contributed by atoms with Crippen LogP contribution in [0.15, 0.2) is 23.8 Å². The molecule has 0 aromatic rings. The van der Waals surface area contributed by atoms with Gasteiger partial charge in [-0.3, -0.25) is 9.59 Å². The Morgan fingerprint density at radius 3 is 2.38 bits per heavy atom. The lowest BCUT2D eigenvalue weighted by Crippen LogP contribution is -2.71. The van der Waals surface area contributed by atoms with E-state index in [1.54, 1.807) is 20.8 Å². The number of ether oxygens (including phenoxy) is 4. The number of fused-ring (bicyclic) bond motifs is 5. The summed E-state index contributed by atoms with van der Waals surface area (Å²) in [6.45, 7) is 7.83. The molecule has 42 heavy (non-hydrogen) atoms. The van der Waals surface area contributed by atoms with E-state index >= 15 is 8.78 Å². The number of rotatable bonds is 9. The van der Waals surface area contributed by atoms with Crippen LogP contribution in [0.3, 0.4) is 0 Å². The van der Waals surface area contributed by atoms with E-state index in [0.717, 1.165) is 12.5 Å². The average molecular weight is 597 g/mol. The van der Waals surface area contributed by atoms with Gasteiger partial charge in [-0.05, 0) is 62.7 Å². The molecule has 3 saturated carbocycles. The van der Waals surface area contributed by atoms with Crippen LogP contribution in [0.2, 0.25) is 0 Å². The molecule has 0 saturated heterocycles. The molecule has 0 heterocycles. The highest BCUT2D eigenvalue weighted by atomic mass is 19.1. The minimum Gasteiger partial charge on any atom is -0.434 e. The van der Waals surface area contributed by atoms with E-state index in [2.05, 4.69) is 0 Å². The lowest BCUT2D eigenvalue weighted by atomic mass is 9.44. The van der Waals surface area contributed by atoms with Crippen molar-refractivity contribution in [3.8, 4) is 0 Å². The molecule has 0 bridgehead atoms. The molecule has 0 spiro atoms. The number of unbranched alkanes of at least 4 members (excludes halogenated alkanes) is 1. The normalized spacial score (nSPS) is 40.2. The Kier molecular flexibility index (Phi) is 8.94. The fourth-order valence-electron chi connectivity index (χ4n) is 8.31. The maximum atomic E-state index is 17.5. The number of aliphatic hydroxyl groups is 1. The van der Waals surface area contributed by atoms with Gasteiger partial charge in [-0.1, -0.05) is 40.2 Å². The quantitative estimate of drug-likeness (QED) is 0.276. The van der Waals surface area contributed by atoms with Gasteiger partial charge < -0.3 is 24.1 Å². The Bertz CT molecular complexity index is 1170. The number of carbonyl (C=O) groups is 4. The second-order valence-corrected chi connectivity index (χ2v) is 12.6. The number of Topliss-reactive ketones (excluding diaryl/α,β-unsaturated/α-hetero) is 1. The standard InChI is InChI=1S/C31H42F2O9/c1-6-8-12-40-26(37)41-17-25(36)31(42-27(38)39-11-7-2)18(3)13-20-21-15-23(32)22-14-19(34)9-10-28(22,4)30(21,33)24(35)16-29(20,31)5/h9-10,14,18,20-21,23-24,35H,6-8,11-13,15-17H2,1-5H3/t18-,20+,21+,23+,24+,28+,29+,30+,31+/m1/s1. The minimum atomic E-state index is -2.37. The van der Waals surface area contributed by atoms with Gasteiger partial charge in [0.15, 0.2) is 23.7 Å². The van der Waals surface area contributed by atoms with Gasteiger partial charge >= 0.3 is 12.3 Å². The van der Waals surface area contributed by atoms with Gasteiger partial charge in [-0.15, -0.1) is 0 Å². The smallest absolute Gasteiger partial charge is 0.434 e. The largest absolute Gasteiger partial charge is 0.509 e. The molecule has 0 aromatic heterocycles. The first kappa shape index (κ1) is 32.1. The molecule has 11 heteroatoms. The highest BCUT2D eigenvalue weighted by Crippen LogP contribution is 2.71. The highest BCUT2D eigenvalue weighted by molar-refractivity contribution is 6.01. The van der Waals surface area contributed by atoms with Crippen molar-refractivity contribution in [2.24, 2.45) is 28.6 Å². The van der Waals surface area contributed by atoms with Crippen molar-refractivity contribution in [3.63, 3.8) is 0 Å². The molecule has 0 unspecified atom stereocenters. The maximum Gasteiger partial charge on any atom is 0.509 e. The second-order valence-electron chi connectivity index (χ2n) is 12.6. The third-order valence-electron chi connectivity index (χ3n) is 10.3. The molecule has 0 amide bonds. The van der Waals surface area contributed by atoms with Gasteiger partial charge in [0.25, 0.3) is 0 Å². The molecule has 4 rings (SSSR count). The van der Waals surface area contributed by atoms with Crippen LogP contribution in [0, 0.1) is 28.6 Å². The molecule has 4 aliphatic rings. The van der Waals surface area contributed by atoms with Gasteiger partial charge in [-0.2, -0.15) is 0 Å². The van der Waals surface area contributed by atoms with E-state index in [-0.39, 0.29) is 38.0 Å². The summed E-state index contributed by atoms with van der Waals surface area (Å²) in [5.74, 6) is -3.75. The van der Waals surface area contributed by atoms with Gasteiger partial charge in [-0.25, -0.2) is 18.4 Å². The van der Waals surface area contributed by atoms with Gasteiger partial charge in [0, 0.05) is 22.7 Å². The maximum absolute atomic E-state index is 17.5. The molecule has 0 aromatic carbocycles. The van der Waals surface area contributed by atoms with Crippen LogP contribution in [0.4, 0.5) is 18.4 Å². The van der Waals surface area contributed by atoms with Crippen LogP contribution in [0.5, 0.6) is 0 Å². The van der Waals surface area contributed by atoms with Crippen molar-refractivity contribution in [1.29, 1.82) is 0 Å². The van der Waals surface area contributed by atoms with E-state index in [1.165, 1.54) is 19.1 Å². The molecule has 9 nitrogen and oxygen atoms in total. The summed E-state index contributed by atoms with van der Waals surface area (Å²) in [7, 11) is 0. The number of hydrogen-bond acceptors (Lipinski definition) is 9. The summed E-state index contributed by atoms with van der Waals surface area (Å²) in [4.78, 5) is 51.2. The fraction of sp³-hybridized carbons (Fsp3) is 0.742. The summed E-state index contributed by atoms with van der Waals surface area (Å²) in [5.41, 5.74) is -7.34. The number of hydrogen-bond donors (Lipinski definition) is 1. The molecule has 0 radical (unpaired) electrons. The Morgan fingerprint density at radius 1 is 1.02 bits per heavy atom. The van der Waals surface area contributed by atoms with Crippen molar-refractivity contribution in [3.05, 3.63) is 23.8 Å². The number of halogens is 2. The Balaban J connectivity index is 1.74. The Hall–Kier alpha value is -2.82. The first-order chi connectivity index (χ1) is 19.7. The number of ketones is 2. The van der Waals surface area contributed by atoms with Gasteiger partial charge in [0.2, 0.25) is 5.78 Å². The zero-order valence-corrected chi connectivity index (χ0v) is 25.0. The van der Waals surface area contributed by atoms with Crippen LogP contribution in [-0.4, -0.2) is 72.3 Å².